The number of likely N-dealkylation sites (N-methyl/N-ethyl adjacent to an activating group) is 1. The summed E-state index contributed by atoms with van der Waals surface area (Å²) in [4.78, 5) is 42.6. The molecule has 1 aromatic rings. The van der Waals surface area contributed by atoms with Gasteiger partial charge < -0.3 is 25.1 Å². The monoisotopic (exact) mass is 562 g/mol. The van der Waals surface area contributed by atoms with Crippen LogP contribution in [0, 0.1) is 23.7 Å². The van der Waals surface area contributed by atoms with Crippen LogP contribution in [0.25, 0.3) is 0 Å². The van der Waals surface area contributed by atoms with E-state index in [1.54, 1.807) is 51.2 Å². The molecule has 3 amide bonds. The van der Waals surface area contributed by atoms with Gasteiger partial charge in [-0.15, -0.1) is 0 Å². The summed E-state index contributed by atoms with van der Waals surface area (Å²) in [6.07, 6.45) is -5.28. The van der Waals surface area contributed by atoms with Crippen LogP contribution in [-0.2, 0) is 20.8 Å². The molecule has 0 aliphatic carbocycles. The fourth-order valence-corrected chi connectivity index (χ4v) is 4.62. The Kier molecular flexibility index (Phi) is 12.5. The molecule has 0 saturated carbocycles. The second-order valence-electron chi connectivity index (χ2n) is 9.65. The van der Waals surface area contributed by atoms with Gasteiger partial charge in [-0.2, -0.15) is 13.2 Å². The number of rotatable bonds is 11. The van der Waals surface area contributed by atoms with E-state index < -0.39 is 48.1 Å². The summed E-state index contributed by atoms with van der Waals surface area (Å²) in [5.41, 5.74) is 0.776. The number of nitrogens with zero attached hydrogens (tertiary/aromatic N) is 3. The maximum absolute atomic E-state index is 13.8. The highest BCUT2D eigenvalue weighted by Gasteiger charge is 2.45. The van der Waals surface area contributed by atoms with Gasteiger partial charge in [0.05, 0.1) is 18.7 Å². The zero-order valence-electron chi connectivity index (χ0n) is 23.3. The Morgan fingerprint density at radius 3 is 2.42 bits per heavy atom. The number of hydrogen-bond acceptors (Lipinski definition) is 5. The SMILES string of the molecule is CC#CC#CCN(C(=O)[C@H](C)NC)[C@H](C(=O)N1CCC[C@H]1CN(CCc1ccccc1)C(=O)C(F)(F)F)[C@@H](C)O. The lowest BCUT2D eigenvalue weighted by Gasteiger charge is -2.38. The van der Waals surface area contributed by atoms with Gasteiger partial charge in [-0.05, 0) is 64.5 Å². The Balaban J connectivity index is 2.33. The van der Waals surface area contributed by atoms with Crippen molar-refractivity contribution in [2.45, 2.75) is 70.4 Å². The van der Waals surface area contributed by atoms with Gasteiger partial charge in [-0.25, -0.2) is 0 Å². The molecule has 0 aromatic heterocycles. The number of aliphatic hydroxyl groups is 1. The number of nitrogens with one attached hydrogen (secondary N) is 1. The van der Waals surface area contributed by atoms with Crippen molar-refractivity contribution in [1.29, 1.82) is 0 Å². The quantitative estimate of drug-likeness (QED) is 0.402. The van der Waals surface area contributed by atoms with Gasteiger partial charge in [-0.3, -0.25) is 14.4 Å². The molecule has 8 nitrogen and oxygen atoms in total. The minimum absolute atomic E-state index is 0.181. The lowest BCUT2D eigenvalue weighted by Crippen LogP contribution is -2.60. The maximum atomic E-state index is 13.8. The molecule has 0 bridgehead atoms. The van der Waals surface area contributed by atoms with Gasteiger partial charge in [0.1, 0.15) is 6.04 Å². The molecule has 1 aliphatic rings. The largest absolute Gasteiger partial charge is 0.471 e. The minimum Gasteiger partial charge on any atom is -0.391 e. The summed E-state index contributed by atoms with van der Waals surface area (Å²) in [7, 11) is 1.58. The topological polar surface area (TPSA) is 93.2 Å². The first-order valence-corrected chi connectivity index (χ1v) is 13.2. The highest BCUT2D eigenvalue weighted by atomic mass is 19.4. The molecule has 0 radical (unpaired) electrons. The van der Waals surface area contributed by atoms with E-state index in [0.29, 0.717) is 12.8 Å². The molecular formula is C29H37F3N4O4. The van der Waals surface area contributed by atoms with E-state index in [0.717, 1.165) is 10.5 Å². The van der Waals surface area contributed by atoms with Crippen LogP contribution in [0.1, 0.15) is 39.2 Å². The number of aliphatic hydroxyl groups excluding tert-OH is 1. The number of carbonyl (C=O) groups is 3. The van der Waals surface area contributed by atoms with E-state index in [4.69, 9.17) is 0 Å². The van der Waals surface area contributed by atoms with E-state index in [-0.39, 0.29) is 32.6 Å². The first-order chi connectivity index (χ1) is 18.9. The van der Waals surface area contributed by atoms with E-state index in [2.05, 4.69) is 29.0 Å². The molecule has 2 rings (SSSR count). The summed E-state index contributed by atoms with van der Waals surface area (Å²) < 4.78 is 40.5. The fourth-order valence-electron chi connectivity index (χ4n) is 4.62. The van der Waals surface area contributed by atoms with Gasteiger partial charge in [0.15, 0.2) is 0 Å². The second-order valence-corrected chi connectivity index (χ2v) is 9.65. The third kappa shape index (κ3) is 9.00. The summed E-state index contributed by atoms with van der Waals surface area (Å²) in [5, 5.41) is 13.5. The number of likely N-dealkylation sites (tertiary alicyclic amines) is 1. The standard InChI is InChI=1S/C29H37F3N4O4/c1-5-6-7-11-17-36(26(38)21(2)33-4)25(22(3)37)27(39)35-18-12-15-24(35)20-34(28(40)29(30,31)32)19-16-23-13-9-8-10-14-23/h8-10,13-14,21-22,24-25,33,37H,12,15-20H2,1-4H3/t21-,22+,24-,25-/m0/s1. The van der Waals surface area contributed by atoms with Crippen LogP contribution in [0.2, 0.25) is 0 Å². The minimum atomic E-state index is -5.07. The van der Waals surface area contributed by atoms with Crippen molar-refractivity contribution in [3.63, 3.8) is 0 Å². The van der Waals surface area contributed by atoms with Crippen LogP contribution in [0.4, 0.5) is 13.2 Å². The lowest BCUT2D eigenvalue weighted by atomic mass is 10.1. The van der Waals surface area contributed by atoms with E-state index in [1.807, 2.05) is 0 Å². The predicted octanol–water partition coefficient (Wildman–Crippen LogP) is 1.82. The maximum Gasteiger partial charge on any atom is 0.471 e. The zero-order chi connectivity index (χ0) is 29.9. The van der Waals surface area contributed by atoms with Gasteiger partial charge >= 0.3 is 12.1 Å². The van der Waals surface area contributed by atoms with Crippen LogP contribution in [0.15, 0.2) is 30.3 Å². The normalized spacial score (nSPS) is 17.0. The number of benzene rings is 1. The molecule has 218 valence electrons. The van der Waals surface area contributed by atoms with E-state index in [1.165, 1.54) is 16.7 Å². The average molecular weight is 563 g/mol. The van der Waals surface area contributed by atoms with Crippen molar-refractivity contribution >= 4 is 17.7 Å². The number of carbonyl (C=O) groups excluding carboxylic acids is 3. The number of hydrogen-bond donors (Lipinski definition) is 2. The molecule has 0 unspecified atom stereocenters. The smallest absolute Gasteiger partial charge is 0.391 e. The first-order valence-electron chi connectivity index (χ1n) is 13.2. The molecule has 0 spiro atoms. The average Bonchev–Trinajstić information content (AvgIpc) is 3.39. The van der Waals surface area contributed by atoms with E-state index in [9.17, 15) is 32.7 Å². The molecule has 1 aromatic carbocycles. The molecule has 1 heterocycles. The predicted molar refractivity (Wildman–Crippen MR) is 144 cm³/mol. The second kappa shape index (κ2) is 15.3. The fraction of sp³-hybridized carbons (Fsp3) is 0.552. The summed E-state index contributed by atoms with van der Waals surface area (Å²) in [6, 6.07) is 6.11. The molecule has 40 heavy (non-hydrogen) atoms. The Morgan fingerprint density at radius 2 is 1.85 bits per heavy atom. The van der Waals surface area contributed by atoms with Crippen molar-refractivity contribution in [3.8, 4) is 23.7 Å². The van der Waals surface area contributed by atoms with Crippen molar-refractivity contribution in [2.75, 3.05) is 33.2 Å². The third-order valence-corrected chi connectivity index (χ3v) is 6.79. The molecular weight excluding hydrogens is 525 g/mol. The van der Waals surface area contributed by atoms with Crippen LogP contribution in [-0.4, -0.2) is 101 Å². The Labute approximate surface area is 233 Å². The van der Waals surface area contributed by atoms with Crippen molar-refractivity contribution in [2.24, 2.45) is 0 Å². The Morgan fingerprint density at radius 1 is 1.18 bits per heavy atom. The van der Waals surface area contributed by atoms with Crippen LogP contribution >= 0.6 is 0 Å². The molecule has 4 atom stereocenters. The summed E-state index contributed by atoms with van der Waals surface area (Å²) in [5.74, 6) is 7.43. The molecule has 1 saturated heterocycles. The summed E-state index contributed by atoms with van der Waals surface area (Å²) in [6.45, 7) is 4.10. The van der Waals surface area contributed by atoms with Gasteiger partial charge in [0.25, 0.3) is 0 Å². The molecule has 11 heteroatoms. The van der Waals surface area contributed by atoms with Crippen LogP contribution in [0.3, 0.4) is 0 Å². The molecule has 1 fully saturated rings. The van der Waals surface area contributed by atoms with Crippen LogP contribution < -0.4 is 5.32 Å². The first kappa shape index (κ1) is 32.7. The lowest BCUT2D eigenvalue weighted by molar-refractivity contribution is -0.186. The van der Waals surface area contributed by atoms with Crippen LogP contribution in [0.5, 0.6) is 0 Å². The van der Waals surface area contributed by atoms with Crippen molar-refractivity contribution < 1.29 is 32.7 Å². The Bertz CT molecular complexity index is 1140. The number of amides is 3. The molecule has 2 N–H and O–H groups in total. The van der Waals surface area contributed by atoms with E-state index >= 15 is 0 Å². The van der Waals surface area contributed by atoms with Crippen molar-refractivity contribution in [1.82, 2.24) is 20.0 Å². The number of halogens is 3. The Hall–Kier alpha value is -3.54. The molecule has 1 aliphatic heterocycles. The zero-order valence-corrected chi connectivity index (χ0v) is 23.3. The highest BCUT2D eigenvalue weighted by molar-refractivity contribution is 5.90. The van der Waals surface area contributed by atoms with Gasteiger partial charge in [0.2, 0.25) is 11.8 Å². The van der Waals surface area contributed by atoms with Gasteiger partial charge in [0, 0.05) is 25.7 Å². The third-order valence-electron chi connectivity index (χ3n) is 6.79. The highest BCUT2D eigenvalue weighted by Crippen LogP contribution is 2.25. The van der Waals surface area contributed by atoms with Gasteiger partial charge in [-0.1, -0.05) is 42.2 Å². The summed E-state index contributed by atoms with van der Waals surface area (Å²) >= 11 is 0. The number of alkyl halides is 3. The van der Waals surface area contributed by atoms with Crippen molar-refractivity contribution in [3.05, 3.63) is 35.9 Å².